The number of piperazine rings is 1. The molecule has 110 valence electrons. The highest BCUT2D eigenvalue weighted by Crippen LogP contribution is 2.12. The van der Waals surface area contributed by atoms with Crippen molar-refractivity contribution >= 4 is 6.09 Å². The first-order chi connectivity index (χ1) is 9.44. The first-order valence-corrected chi connectivity index (χ1v) is 7.04. The summed E-state index contributed by atoms with van der Waals surface area (Å²) in [7, 11) is 0. The number of rotatable bonds is 2. The summed E-state index contributed by atoms with van der Waals surface area (Å²) in [5, 5.41) is 3.44. The third kappa shape index (κ3) is 4.49. The molecule has 0 radical (unpaired) electrons. The molecule has 0 bridgehead atoms. The monoisotopic (exact) mass is 277 g/mol. The Morgan fingerprint density at radius 3 is 3.00 bits per heavy atom. The van der Waals surface area contributed by atoms with Crippen molar-refractivity contribution in [2.75, 3.05) is 19.6 Å². The molecule has 5 heteroatoms. The largest absolute Gasteiger partial charge is 0.444 e. The Morgan fingerprint density at radius 1 is 1.55 bits per heavy atom. The van der Waals surface area contributed by atoms with Crippen LogP contribution < -0.4 is 5.32 Å². The number of hydrogen-bond acceptors (Lipinski definition) is 4. The van der Waals surface area contributed by atoms with E-state index in [0.29, 0.717) is 13.1 Å². The average molecular weight is 277 g/mol. The van der Waals surface area contributed by atoms with Crippen molar-refractivity contribution in [1.82, 2.24) is 15.2 Å². The lowest BCUT2D eigenvalue weighted by atomic mass is 10.1. The molecule has 1 aliphatic heterocycles. The van der Waals surface area contributed by atoms with Gasteiger partial charge in [0, 0.05) is 38.1 Å². The van der Waals surface area contributed by atoms with Crippen LogP contribution in [0.25, 0.3) is 0 Å². The third-order valence-electron chi connectivity index (χ3n) is 3.11. The van der Waals surface area contributed by atoms with E-state index in [2.05, 4.69) is 16.4 Å². The smallest absolute Gasteiger partial charge is 0.410 e. The van der Waals surface area contributed by atoms with E-state index in [0.717, 1.165) is 13.0 Å². The second-order valence-corrected chi connectivity index (χ2v) is 6.14. The maximum Gasteiger partial charge on any atom is 0.410 e. The number of carbonyl (C=O) groups is 1. The fourth-order valence-corrected chi connectivity index (χ4v) is 2.26. The Bertz CT molecular complexity index is 442. The van der Waals surface area contributed by atoms with Gasteiger partial charge in [-0.1, -0.05) is 6.07 Å². The van der Waals surface area contributed by atoms with Gasteiger partial charge in [-0.05, 0) is 38.8 Å². The molecule has 2 rings (SSSR count). The fourth-order valence-electron chi connectivity index (χ4n) is 2.26. The Labute approximate surface area is 120 Å². The summed E-state index contributed by atoms with van der Waals surface area (Å²) in [5.41, 5.74) is 0.733. The molecule has 5 nitrogen and oxygen atoms in total. The summed E-state index contributed by atoms with van der Waals surface area (Å²) in [6.45, 7) is 7.83. The van der Waals surface area contributed by atoms with Crippen LogP contribution >= 0.6 is 0 Å². The normalized spacial score (nSPS) is 19.8. The summed E-state index contributed by atoms with van der Waals surface area (Å²) in [6, 6.07) is 4.24. The Morgan fingerprint density at radius 2 is 2.35 bits per heavy atom. The van der Waals surface area contributed by atoms with Crippen molar-refractivity contribution in [2.45, 2.75) is 38.8 Å². The molecule has 1 amide bonds. The SMILES string of the molecule is CC(C)(C)OC(=O)N1CCNC(Cc2cccnc2)C1. The van der Waals surface area contributed by atoms with Crippen molar-refractivity contribution in [2.24, 2.45) is 0 Å². The van der Waals surface area contributed by atoms with E-state index >= 15 is 0 Å². The molecular formula is C15H23N3O2. The van der Waals surface area contributed by atoms with Gasteiger partial charge < -0.3 is 15.0 Å². The zero-order chi connectivity index (χ0) is 14.6. The summed E-state index contributed by atoms with van der Waals surface area (Å²) in [4.78, 5) is 18.0. The van der Waals surface area contributed by atoms with E-state index in [-0.39, 0.29) is 12.1 Å². The lowest BCUT2D eigenvalue weighted by molar-refractivity contribution is 0.0195. The van der Waals surface area contributed by atoms with Crippen molar-refractivity contribution in [3.63, 3.8) is 0 Å². The van der Waals surface area contributed by atoms with Gasteiger partial charge in [-0.2, -0.15) is 0 Å². The Kier molecular flexibility index (Phi) is 4.60. The van der Waals surface area contributed by atoms with Gasteiger partial charge in [-0.3, -0.25) is 4.98 Å². The van der Waals surface area contributed by atoms with Gasteiger partial charge in [0.05, 0.1) is 0 Å². The number of nitrogens with one attached hydrogen (secondary N) is 1. The van der Waals surface area contributed by atoms with Gasteiger partial charge in [0.15, 0.2) is 0 Å². The highest BCUT2D eigenvalue weighted by Gasteiger charge is 2.27. The quantitative estimate of drug-likeness (QED) is 0.896. The molecule has 0 spiro atoms. The Hall–Kier alpha value is -1.62. The molecule has 1 saturated heterocycles. The van der Waals surface area contributed by atoms with Gasteiger partial charge in [-0.15, -0.1) is 0 Å². The van der Waals surface area contributed by atoms with Crippen LogP contribution in [0.2, 0.25) is 0 Å². The van der Waals surface area contributed by atoms with Crippen LogP contribution in [0, 0.1) is 0 Å². The minimum absolute atomic E-state index is 0.227. The summed E-state index contributed by atoms with van der Waals surface area (Å²) < 4.78 is 5.42. The van der Waals surface area contributed by atoms with E-state index in [9.17, 15) is 4.79 Å². The maximum atomic E-state index is 12.1. The van der Waals surface area contributed by atoms with Crippen LogP contribution in [-0.2, 0) is 11.2 Å². The predicted molar refractivity (Wildman–Crippen MR) is 77.5 cm³/mol. The highest BCUT2D eigenvalue weighted by atomic mass is 16.6. The standard InChI is InChI=1S/C15H23N3O2/c1-15(2,3)20-14(19)18-8-7-17-13(11-18)9-12-5-4-6-16-10-12/h4-6,10,13,17H,7-9,11H2,1-3H3. The topological polar surface area (TPSA) is 54.5 Å². The Balaban J connectivity index is 1.90. The van der Waals surface area contributed by atoms with Crippen molar-refractivity contribution in [3.05, 3.63) is 30.1 Å². The third-order valence-corrected chi connectivity index (χ3v) is 3.11. The minimum Gasteiger partial charge on any atom is -0.444 e. The molecule has 1 atom stereocenters. The van der Waals surface area contributed by atoms with Gasteiger partial charge >= 0.3 is 6.09 Å². The molecular weight excluding hydrogens is 254 g/mol. The van der Waals surface area contributed by atoms with Gasteiger partial charge in [0.2, 0.25) is 0 Å². The van der Waals surface area contributed by atoms with E-state index in [1.165, 1.54) is 5.56 Å². The molecule has 0 aromatic carbocycles. The number of nitrogens with zero attached hydrogens (tertiary/aromatic N) is 2. The maximum absolute atomic E-state index is 12.1. The molecule has 1 fully saturated rings. The lowest BCUT2D eigenvalue weighted by Gasteiger charge is -2.35. The number of aromatic nitrogens is 1. The van der Waals surface area contributed by atoms with E-state index in [4.69, 9.17) is 4.74 Å². The highest BCUT2D eigenvalue weighted by molar-refractivity contribution is 5.68. The first kappa shape index (κ1) is 14.8. The van der Waals surface area contributed by atoms with Crippen molar-refractivity contribution in [3.8, 4) is 0 Å². The van der Waals surface area contributed by atoms with Crippen molar-refractivity contribution in [1.29, 1.82) is 0 Å². The minimum atomic E-state index is -0.444. The number of pyridine rings is 1. The number of hydrogen-bond donors (Lipinski definition) is 1. The van der Waals surface area contributed by atoms with E-state index in [1.807, 2.05) is 33.0 Å². The van der Waals surface area contributed by atoms with Crippen LogP contribution in [0.1, 0.15) is 26.3 Å². The molecule has 1 aromatic heterocycles. The van der Waals surface area contributed by atoms with Crippen LogP contribution in [0.5, 0.6) is 0 Å². The van der Waals surface area contributed by atoms with Crippen molar-refractivity contribution < 1.29 is 9.53 Å². The second kappa shape index (κ2) is 6.22. The zero-order valence-electron chi connectivity index (χ0n) is 12.4. The van der Waals surface area contributed by atoms with Gasteiger partial charge in [0.25, 0.3) is 0 Å². The zero-order valence-corrected chi connectivity index (χ0v) is 12.4. The van der Waals surface area contributed by atoms with Crippen LogP contribution in [0.4, 0.5) is 4.79 Å². The molecule has 2 heterocycles. The molecule has 1 N–H and O–H groups in total. The van der Waals surface area contributed by atoms with Gasteiger partial charge in [0.1, 0.15) is 5.60 Å². The molecule has 0 saturated carbocycles. The lowest BCUT2D eigenvalue weighted by Crippen LogP contribution is -2.54. The summed E-state index contributed by atoms with van der Waals surface area (Å²) >= 11 is 0. The molecule has 1 aliphatic rings. The number of ether oxygens (including phenoxy) is 1. The summed E-state index contributed by atoms with van der Waals surface area (Å²) in [6.07, 6.45) is 4.28. The van der Waals surface area contributed by atoms with Crippen LogP contribution in [0.3, 0.4) is 0 Å². The van der Waals surface area contributed by atoms with E-state index in [1.54, 1.807) is 11.1 Å². The molecule has 1 aromatic rings. The average Bonchev–Trinajstić information content (AvgIpc) is 2.38. The van der Waals surface area contributed by atoms with Crippen LogP contribution in [-0.4, -0.2) is 47.3 Å². The molecule has 0 aliphatic carbocycles. The summed E-state index contributed by atoms with van der Waals surface area (Å²) in [5.74, 6) is 0. The first-order valence-electron chi connectivity index (χ1n) is 7.04. The second-order valence-electron chi connectivity index (χ2n) is 6.14. The fraction of sp³-hybridized carbons (Fsp3) is 0.600. The van der Waals surface area contributed by atoms with Crippen LogP contribution in [0.15, 0.2) is 24.5 Å². The number of amides is 1. The molecule has 1 unspecified atom stereocenters. The predicted octanol–water partition coefficient (Wildman–Crippen LogP) is 1.83. The number of carbonyl (C=O) groups excluding carboxylic acids is 1. The molecule has 20 heavy (non-hydrogen) atoms. The van der Waals surface area contributed by atoms with E-state index < -0.39 is 5.60 Å². The van der Waals surface area contributed by atoms with Gasteiger partial charge in [-0.25, -0.2) is 4.79 Å².